The molecule has 1 heterocycles. The zero-order valence-electron chi connectivity index (χ0n) is 11.0. The third-order valence-electron chi connectivity index (χ3n) is 3.13. The van der Waals surface area contributed by atoms with Crippen molar-refractivity contribution >= 4 is 17.4 Å². The van der Waals surface area contributed by atoms with Gasteiger partial charge in [0.25, 0.3) is 5.91 Å². The molecule has 20 heavy (non-hydrogen) atoms. The summed E-state index contributed by atoms with van der Waals surface area (Å²) >= 11 is 0. The average Bonchev–Trinajstić information content (AvgIpc) is 3.03. The van der Waals surface area contributed by atoms with E-state index in [1.54, 1.807) is 0 Å². The Kier molecular flexibility index (Phi) is 3.46. The van der Waals surface area contributed by atoms with Crippen LogP contribution in [0.15, 0.2) is 59.6 Å². The summed E-state index contributed by atoms with van der Waals surface area (Å²) in [6, 6.07) is 16.9. The van der Waals surface area contributed by atoms with E-state index in [0.29, 0.717) is 5.56 Å². The van der Waals surface area contributed by atoms with Crippen LogP contribution in [0.25, 0.3) is 0 Å². The first-order valence-corrected chi connectivity index (χ1v) is 6.58. The number of nitrogens with zero attached hydrogens (tertiary/aromatic N) is 1. The molecule has 0 spiro atoms. The molecule has 0 saturated carbocycles. The molecule has 0 fully saturated rings. The summed E-state index contributed by atoms with van der Waals surface area (Å²) in [6.07, 6.45) is 0. The van der Waals surface area contributed by atoms with Crippen molar-refractivity contribution in [3.8, 4) is 0 Å². The Labute approximate surface area is 117 Å². The minimum atomic E-state index is -0.107. The number of rotatable bonds is 3. The summed E-state index contributed by atoms with van der Waals surface area (Å²) in [5, 5.41) is 6.07. The highest BCUT2D eigenvalue weighted by molar-refractivity contribution is 6.05. The Morgan fingerprint density at radius 1 is 1.05 bits per heavy atom. The number of nitrogens with one attached hydrogen (secondary N) is 2. The lowest BCUT2D eigenvalue weighted by atomic mass is 10.1. The smallest absolute Gasteiger partial charge is 0.255 e. The van der Waals surface area contributed by atoms with Gasteiger partial charge in [-0.3, -0.25) is 9.79 Å². The van der Waals surface area contributed by atoms with E-state index in [9.17, 15) is 4.79 Å². The average molecular weight is 265 g/mol. The van der Waals surface area contributed by atoms with Gasteiger partial charge in [-0.05, 0) is 24.3 Å². The number of benzene rings is 2. The molecule has 2 aromatic rings. The highest BCUT2D eigenvalue weighted by Gasteiger charge is 2.10. The molecule has 2 N–H and O–H groups in total. The van der Waals surface area contributed by atoms with Crippen LogP contribution in [0, 0.1) is 0 Å². The molecule has 1 aliphatic heterocycles. The van der Waals surface area contributed by atoms with Gasteiger partial charge in [-0.1, -0.05) is 30.3 Å². The van der Waals surface area contributed by atoms with Crippen molar-refractivity contribution in [3.05, 3.63) is 65.7 Å². The highest BCUT2D eigenvalue weighted by Crippen LogP contribution is 2.10. The van der Waals surface area contributed by atoms with Crippen LogP contribution in [0.5, 0.6) is 0 Å². The van der Waals surface area contributed by atoms with E-state index in [-0.39, 0.29) is 5.91 Å². The standard InChI is InChI=1S/C16H15N3O/c20-16(19-14-4-2-1-3-5-14)13-8-6-12(7-9-13)15-17-10-11-18-15/h1-9H,10-11H2,(H,17,18)(H,19,20). The summed E-state index contributed by atoms with van der Waals surface area (Å²) in [7, 11) is 0. The van der Waals surface area contributed by atoms with Crippen LogP contribution in [-0.2, 0) is 0 Å². The van der Waals surface area contributed by atoms with E-state index in [0.717, 1.165) is 30.2 Å². The molecule has 0 radical (unpaired) electrons. The zero-order chi connectivity index (χ0) is 13.8. The van der Waals surface area contributed by atoms with E-state index in [1.807, 2.05) is 54.6 Å². The molecule has 0 saturated heterocycles. The van der Waals surface area contributed by atoms with E-state index < -0.39 is 0 Å². The Morgan fingerprint density at radius 3 is 2.45 bits per heavy atom. The molecule has 4 nitrogen and oxygen atoms in total. The Hall–Kier alpha value is -2.62. The number of hydrogen-bond donors (Lipinski definition) is 2. The van der Waals surface area contributed by atoms with Crippen molar-refractivity contribution in [3.63, 3.8) is 0 Å². The lowest BCUT2D eigenvalue weighted by Crippen LogP contribution is -2.19. The van der Waals surface area contributed by atoms with Gasteiger partial charge in [-0.15, -0.1) is 0 Å². The first-order chi connectivity index (χ1) is 9.83. The fourth-order valence-corrected chi connectivity index (χ4v) is 2.10. The molecule has 0 atom stereocenters. The van der Waals surface area contributed by atoms with Crippen LogP contribution in [0.4, 0.5) is 5.69 Å². The molecule has 1 aliphatic rings. The number of amides is 1. The summed E-state index contributed by atoms with van der Waals surface area (Å²) < 4.78 is 0. The number of carbonyl (C=O) groups is 1. The SMILES string of the molecule is O=C(Nc1ccccc1)c1ccc(C2=NCCN2)cc1. The van der Waals surface area contributed by atoms with Gasteiger partial charge in [0.1, 0.15) is 5.84 Å². The van der Waals surface area contributed by atoms with Gasteiger partial charge >= 0.3 is 0 Å². The van der Waals surface area contributed by atoms with Gasteiger partial charge in [-0.2, -0.15) is 0 Å². The second-order valence-electron chi connectivity index (χ2n) is 4.55. The molecule has 3 rings (SSSR count). The van der Waals surface area contributed by atoms with Crippen molar-refractivity contribution in [1.29, 1.82) is 0 Å². The molecule has 1 amide bonds. The van der Waals surface area contributed by atoms with Crippen molar-refractivity contribution in [2.45, 2.75) is 0 Å². The van der Waals surface area contributed by atoms with Crippen LogP contribution in [0.2, 0.25) is 0 Å². The number of para-hydroxylation sites is 1. The Balaban J connectivity index is 1.72. The van der Waals surface area contributed by atoms with Gasteiger partial charge in [0, 0.05) is 23.4 Å². The minimum Gasteiger partial charge on any atom is -0.368 e. The van der Waals surface area contributed by atoms with Gasteiger partial charge in [-0.25, -0.2) is 0 Å². The third-order valence-corrected chi connectivity index (χ3v) is 3.13. The number of anilines is 1. The lowest BCUT2D eigenvalue weighted by molar-refractivity contribution is 0.102. The molecule has 0 bridgehead atoms. The van der Waals surface area contributed by atoms with Crippen molar-refractivity contribution in [2.75, 3.05) is 18.4 Å². The van der Waals surface area contributed by atoms with E-state index in [2.05, 4.69) is 15.6 Å². The summed E-state index contributed by atoms with van der Waals surface area (Å²) in [4.78, 5) is 16.4. The second-order valence-corrected chi connectivity index (χ2v) is 4.55. The quantitative estimate of drug-likeness (QED) is 0.894. The van der Waals surface area contributed by atoms with Crippen LogP contribution >= 0.6 is 0 Å². The molecular formula is C16H15N3O. The topological polar surface area (TPSA) is 53.5 Å². The molecule has 100 valence electrons. The number of hydrogen-bond acceptors (Lipinski definition) is 3. The predicted octanol–water partition coefficient (Wildman–Crippen LogP) is 2.29. The lowest BCUT2D eigenvalue weighted by Gasteiger charge is -2.06. The Bertz CT molecular complexity index is 633. The number of aliphatic imine (C=N–C) groups is 1. The van der Waals surface area contributed by atoms with E-state index in [4.69, 9.17) is 0 Å². The van der Waals surface area contributed by atoms with Crippen molar-refractivity contribution in [1.82, 2.24) is 5.32 Å². The van der Waals surface area contributed by atoms with Gasteiger partial charge in [0.05, 0.1) is 6.54 Å². The third kappa shape index (κ3) is 2.69. The normalized spacial score (nSPS) is 13.5. The molecule has 4 heteroatoms. The highest BCUT2D eigenvalue weighted by atomic mass is 16.1. The fourth-order valence-electron chi connectivity index (χ4n) is 2.10. The maximum atomic E-state index is 12.1. The van der Waals surface area contributed by atoms with Gasteiger partial charge in [0.15, 0.2) is 0 Å². The summed E-state index contributed by atoms with van der Waals surface area (Å²) in [5.41, 5.74) is 2.44. The predicted molar refractivity (Wildman–Crippen MR) is 80.2 cm³/mol. The van der Waals surface area contributed by atoms with Gasteiger partial charge < -0.3 is 10.6 Å². The summed E-state index contributed by atoms with van der Waals surface area (Å²) in [5.74, 6) is 0.795. The molecule has 0 aromatic heterocycles. The number of carbonyl (C=O) groups excluding carboxylic acids is 1. The van der Waals surface area contributed by atoms with Crippen LogP contribution in [0.1, 0.15) is 15.9 Å². The zero-order valence-corrected chi connectivity index (χ0v) is 11.0. The van der Waals surface area contributed by atoms with Crippen LogP contribution in [0.3, 0.4) is 0 Å². The van der Waals surface area contributed by atoms with Crippen LogP contribution < -0.4 is 10.6 Å². The Morgan fingerprint density at radius 2 is 1.80 bits per heavy atom. The molecule has 0 unspecified atom stereocenters. The maximum Gasteiger partial charge on any atom is 0.255 e. The maximum absolute atomic E-state index is 12.1. The monoisotopic (exact) mass is 265 g/mol. The van der Waals surface area contributed by atoms with Crippen LogP contribution in [-0.4, -0.2) is 24.8 Å². The van der Waals surface area contributed by atoms with E-state index in [1.165, 1.54) is 0 Å². The largest absolute Gasteiger partial charge is 0.368 e. The molecule has 2 aromatic carbocycles. The molecule has 0 aliphatic carbocycles. The second kappa shape index (κ2) is 5.57. The fraction of sp³-hybridized carbons (Fsp3) is 0.125. The first kappa shape index (κ1) is 12.4. The first-order valence-electron chi connectivity index (χ1n) is 6.58. The van der Waals surface area contributed by atoms with Crippen molar-refractivity contribution < 1.29 is 4.79 Å². The van der Waals surface area contributed by atoms with Crippen molar-refractivity contribution in [2.24, 2.45) is 4.99 Å². The minimum absolute atomic E-state index is 0.107. The summed E-state index contributed by atoms with van der Waals surface area (Å²) in [6.45, 7) is 1.69. The number of amidine groups is 1. The van der Waals surface area contributed by atoms with E-state index >= 15 is 0 Å². The van der Waals surface area contributed by atoms with Gasteiger partial charge in [0.2, 0.25) is 0 Å². The molecular weight excluding hydrogens is 250 g/mol.